The lowest BCUT2D eigenvalue weighted by Crippen LogP contribution is -2.47. The van der Waals surface area contributed by atoms with Crippen LogP contribution in [-0.4, -0.2) is 36.7 Å². The smallest absolute Gasteiger partial charge is 0.247 e. The summed E-state index contributed by atoms with van der Waals surface area (Å²) < 4.78 is 16.0. The largest absolute Gasteiger partial charge is 0.497 e. The fraction of sp³-hybridized carbons (Fsp3) is 0.259. The van der Waals surface area contributed by atoms with Crippen molar-refractivity contribution in [3.05, 3.63) is 83.9 Å². The Bertz CT molecular complexity index is 1130. The molecule has 2 amide bonds. The summed E-state index contributed by atoms with van der Waals surface area (Å²) in [6.07, 6.45) is 0.678. The lowest BCUT2D eigenvalue weighted by molar-refractivity contribution is -0.139. The summed E-state index contributed by atoms with van der Waals surface area (Å²) in [5.41, 5.74) is 2.41. The zero-order valence-corrected chi connectivity index (χ0v) is 19.3. The Morgan fingerprint density at radius 2 is 1.71 bits per heavy atom. The lowest BCUT2D eigenvalue weighted by Gasteiger charge is -2.31. The minimum absolute atomic E-state index is 0.116. The van der Waals surface area contributed by atoms with Gasteiger partial charge in [-0.2, -0.15) is 0 Å². The van der Waals surface area contributed by atoms with E-state index in [1.54, 1.807) is 30.2 Å². The molecule has 3 aromatic carbocycles. The summed E-state index contributed by atoms with van der Waals surface area (Å²) in [6.45, 7) is 2.37. The van der Waals surface area contributed by atoms with Gasteiger partial charge >= 0.3 is 0 Å². The number of amides is 2. The molecule has 34 heavy (non-hydrogen) atoms. The van der Waals surface area contributed by atoms with Crippen molar-refractivity contribution in [2.45, 2.75) is 32.4 Å². The van der Waals surface area contributed by atoms with Crippen molar-refractivity contribution in [1.82, 2.24) is 4.90 Å². The highest BCUT2D eigenvalue weighted by atomic mass is 16.7. The number of methoxy groups -OCH3 is 1. The van der Waals surface area contributed by atoms with E-state index >= 15 is 0 Å². The summed E-state index contributed by atoms with van der Waals surface area (Å²) in [6, 6.07) is 21.7. The highest BCUT2D eigenvalue weighted by Crippen LogP contribution is 2.34. The van der Waals surface area contributed by atoms with Crippen LogP contribution in [0.5, 0.6) is 17.2 Å². The van der Waals surface area contributed by atoms with E-state index in [0.29, 0.717) is 30.2 Å². The number of fused-ring (bicyclic) bond motifs is 1. The van der Waals surface area contributed by atoms with E-state index in [9.17, 15) is 9.59 Å². The molecule has 4 rings (SSSR count). The maximum absolute atomic E-state index is 13.4. The Labute approximate surface area is 199 Å². The molecule has 3 aromatic rings. The maximum Gasteiger partial charge on any atom is 0.247 e. The molecule has 176 valence electrons. The molecule has 0 saturated heterocycles. The number of benzene rings is 3. The maximum atomic E-state index is 13.4. The molecule has 0 saturated carbocycles. The third-order valence-electron chi connectivity index (χ3n) is 5.74. The van der Waals surface area contributed by atoms with Gasteiger partial charge in [0.15, 0.2) is 11.5 Å². The highest BCUT2D eigenvalue weighted by molar-refractivity contribution is 5.97. The number of hydrogen-bond donors (Lipinski definition) is 1. The first kappa shape index (κ1) is 23.2. The van der Waals surface area contributed by atoms with Crippen molar-refractivity contribution >= 4 is 17.5 Å². The number of ether oxygens (including phenoxy) is 3. The summed E-state index contributed by atoms with van der Waals surface area (Å²) in [4.78, 5) is 28.4. The fourth-order valence-corrected chi connectivity index (χ4v) is 3.92. The highest BCUT2D eigenvalue weighted by Gasteiger charge is 2.29. The first-order chi connectivity index (χ1) is 16.6. The van der Waals surface area contributed by atoms with E-state index in [-0.39, 0.29) is 25.0 Å². The van der Waals surface area contributed by atoms with Gasteiger partial charge in [0.1, 0.15) is 11.8 Å². The Morgan fingerprint density at radius 3 is 2.41 bits per heavy atom. The normalized spacial score (nSPS) is 12.6. The van der Waals surface area contributed by atoms with E-state index in [1.165, 1.54) is 0 Å². The van der Waals surface area contributed by atoms with Gasteiger partial charge in [-0.3, -0.25) is 9.59 Å². The van der Waals surface area contributed by atoms with E-state index in [1.807, 2.05) is 61.5 Å². The van der Waals surface area contributed by atoms with E-state index < -0.39 is 6.04 Å². The average molecular weight is 461 g/mol. The van der Waals surface area contributed by atoms with Gasteiger partial charge in [0.25, 0.3) is 0 Å². The molecule has 1 aliphatic heterocycles. The second-order valence-electron chi connectivity index (χ2n) is 8.01. The lowest BCUT2D eigenvalue weighted by atomic mass is 10.1. The number of anilines is 1. The van der Waals surface area contributed by atoms with Gasteiger partial charge in [0.05, 0.1) is 13.5 Å². The molecule has 1 N–H and O–H groups in total. The summed E-state index contributed by atoms with van der Waals surface area (Å²) >= 11 is 0. The van der Waals surface area contributed by atoms with E-state index in [0.717, 1.165) is 16.9 Å². The van der Waals surface area contributed by atoms with Crippen molar-refractivity contribution in [1.29, 1.82) is 0 Å². The first-order valence-electron chi connectivity index (χ1n) is 11.2. The predicted octanol–water partition coefficient (Wildman–Crippen LogP) is 4.41. The third kappa shape index (κ3) is 5.49. The average Bonchev–Trinajstić information content (AvgIpc) is 3.33. The van der Waals surface area contributed by atoms with Crippen LogP contribution in [0, 0.1) is 0 Å². The standard InChI is InChI=1S/C27H28N2O5/c1-3-23(27(31)28-21-11-14-24-25(16-21)34-18-33-24)29(17-20-9-12-22(32-2)13-10-20)26(30)15-19-7-5-4-6-8-19/h4-14,16,23H,3,15,17-18H2,1-2H3,(H,28,31). The number of rotatable bonds is 9. The number of nitrogens with zero attached hydrogens (tertiary/aromatic N) is 1. The molecule has 7 heteroatoms. The second kappa shape index (κ2) is 10.7. The van der Waals surface area contributed by atoms with Gasteiger partial charge in [-0.1, -0.05) is 49.4 Å². The molecule has 1 atom stereocenters. The molecule has 0 radical (unpaired) electrons. The quantitative estimate of drug-likeness (QED) is 0.512. The van der Waals surface area contributed by atoms with Crippen LogP contribution in [-0.2, 0) is 22.6 Å². The monoisotopic (exact) mass is 460 g/mol. The van der Waals surface area contributed by atoms with Crippen LogP contribution in [0.3, 0.4) is 0 Å². The van der Waals surface area contributed by atoms with Crippen LogP contribution in [0.15, 0.2) is 72.8 Å². The molecular weight excluding hydrogens is 432 g/mol. The topological polar surface area (TPSA) is 77.1 Å². The van der Waals surface area contributed by atoms with Crippen LogP contribution in [0.2, 0.25) is 0 Å². The molecule has 7 nitrogen and oxygen atoms in total. The molecule has 0 aromatic heterocycles. The number of carbonyl (C=O) groups excluding carboxylic acids is 2. The van der Waals surface area contributed by atoms with Gasteiger partial charge in [-0.25, -0.2) is 0 Å². The molecule has 0 aliphatic carbocycles. The third-order valence-corrected chi connectivity index (χ3v) is 5.74. The molecule has 0 bridgehead atoms. The Morgan fingerprint density at radius 1 is 0.971 bits per heavy atom. The van der Waals surface area contributed by atoms with Crippen molar-refractivity contribution < 1.29 is 23.8 Å². The van der Waals surface area contributed by atoms with Gasteiger partial charge in [-0.15, -0.1) is 0 Å². The molecule has 1 unspecified atom stereocenters. The SMILES string of the molecule is CCC(C(=O)Nc1ccc2c(c1)OCO2)N(Cc1ccc(OC)cc1)C(=O)Cc1ccccc1. The Balaban J connectivity index is 1.56. The summed E-state index contributed by atoms with van der Waals surface area (Å²) in [5.74, 6) is 1.59. The van der Waals surface area contributed by atoms with Crippen molar-refractivity contribution in [2.75, 3.05) is 19.2 Å². The molecule has 1 heterocycles. The van der Waals surface area contributed by atoms with E-state index in [2.05, 4.69) is 5.32 Å². The molecule has 0 spiro atoms. The first-order valence-corrected chi connectivity index (χ1v) is 11.2. The number of carbonyl (C=O) groups is 2. The van der Waals surface area contributed by atoms with Crippen LogP contribution < -0.4 is 19.5 Å². The van der Waals surface area contributed by atoms with Crippen molar-refractivity contribution in [3.8, 4) is 17.2 Å². The van der Waals surface area contributed by atoms with Gasteiger partial charge in [0, 0.05) is 18.3 Å². The minimum Gasteiger partial charge on any atom is -0.497 e. The van der Waals surface area contributed by atoms with Crippen molar-refractivity contribution in [3.63, 3.8) is 0 Å². The molecule has 1 aliphatic rings. The minimum atomic E-state index is -0.649. The number of nitrogens with one attached hydrogen (secondary N) is 1. The zero-order chi connectivity index (χ0) is 23.9. The predicted molar refractivity (Wildman–Crippen MR) is 129 cm³/mol. The van der Waals surface area contributed by atoms with Crippen LogP contribution in [0.4, 0.5) is 5.69 Å². The van der Waals surface area contributed by atoms with Crippen LogP contribution in [0.25, 0.3) is 0 Å². The second-order valence-corrected chi connectivity index (χ2v) is 8.01. The van der Waals surface area contributed by atoms with Gasteiger partial charge in [-0.05, 0) is 41.8 Å². The molecular formula is C27H28N2O5. The Hall–Kier alpha value is -4.00. The summed E-state index contributed by atoms with van der Waals surface area (Å²) in [7, 11) is 1.61. The number of hydrogen-bond acceptors (Lipinski definition) is 5. The van der Waals surface area contributed by atoms with Crippen LogP contribution in [0.1, 0.15) is 24.5 Å². The summed E-state index contributed by atoms with van der Waals surface area (Å²) in [5, 5.41) is 2.94. The molecule has 0 fully saturated rings. The van der Waals surface area contributed by atoms with Crippen molar-refractivity contribution in [2.24, 2.45) is 0 Å². The van der Waals surface area contributed by atoms with Gasteiger partial charge < -0.3 is 24.4 Å². The van der Waals surface area contributed by atoms with E-state index in [4.69, 9.17) is 14.2 Å². The van der Waals surface area contributed by atoms with Crippen LogP contribution >= 0.6 is 0 Å². The Kier molecular flexibility index (Phi) is 7.32. The zero-order valence-electron chi connectivity index (χ0n) is 19.3. The van der Waals surface area contributed by atoms with Gasteiger partial charge in [0.2, 0.25) is 18.6 Å². The fourth-order valence-electron chi connectivity index (χ4n) is 3.92.